The number of hydrogen-bond acceptors (Lipinski definition) is 18. The lowest BCUT2D eigenvalue weighted by Gasteiger charge is -2.29. The number of aryl methyl sites for hydroxylation is 2. The van der Waals surface area contributed by atoms with Crippen LogP contribution in [-0.4, -0.2) is 82.3 Å². The van der Waals surface area contributed by atoms with E-state index < -0.39 is 72.6 Å². The SMILES string of the molecule is CC(=O)C1CCC(C(=O)OCC(=O)OC2CCC(C(=O)Oc3ccc(OC(=O)C4CCC(OC(=O)C(C)OC(=O)C5CCC(C(C)=O)CC5)CC4)c4nc(-c5nc6c(C)cc(C)cc6s5)sc34)CC2)CC1. The van der Waals surface area contributed by atoms with E-state index in [1.54, 1.807) is 26.0 Å². The Bertz CT molecular complexity index is 2680. The van der Waals surface area contributed by atoms with Crippen LogP contribution in [0, 0.1) is 49.4 Å². The number of hydrogen-bond donors (Lipinski definition) is 0. The van der Waals surface area contributed by atoms with Crippen LogP contribution in [0.3, 0.4) is 0 Å². The van der Waals surface area contributed by atoms with Gasteiger partial charge >= 0.3 is 35.8 Å². The minimum absolute atomic E-state index is 0.0261. The molecule has 1 atom stereocenters. The van der Waals surface area contributed by atoms with Crippen molar-refractivity contribution < 1.29 is 66.8 Å². The van der Waals surface area contributed by atoms with Crippen LogP contribution >= 0.6 is 22.7 Å². The molecule has 18 heteroatoms. The molecule has 2 aromatic carbocycles. The molecule has 4 aliphatic carbocycles. The van der Waals surface area contributed by atoms with Gasteiger partial charge in [-0.05, 0) is 167 Å². The normalized spacial score (nSPS) is 25.1. The third kappa shape index (κ3) is 12.7. The molecule has 2 heterocycles. The highest BCUT2D eigenvalue weighted by Gasteiger charge is 2.36. The number of Topliss-reactive ketones (excluding diaryl/α,β-unsaturated/α-hetero) is 2. The van der Waals surface area contributed by atoms with Crippen molar-refractivity contribution in [1.29, 1.82) is 0 Å². The minimum Gasteiger partial charge on any atom is -0.460 e. The van der Waals surface area contributed by atoms with Crippen molar-refractivity contribution in [1.82, 2.24) is 9.97 Å². The average molecular weight is 1020 g/mol. The number of aromatic nitrogens is 2. The summed E-state index contributed by atoms with van der Waals surface area (Å²) in [5.74, 6) is -4.11. The number of ketones is 2. The van der Waals surface area contributed by atoms with Crippen LogP contribution in [-0.2, 0) is 57.3 Å². The predicted octanol–water partition coefficient (Wildman–Crippen LogP) is 9.47. The quantitative estimate of drug-likeness (QED) is 0.0615. The van der Waals surface area contributed by atoms with Gasteiger partial charge < -0.3 is 28.4 Å². The van der Waals surface area contributed by atoms with Gasteiger partial charge in [-0.15, -0.1) is 22.7 Å². The largest absolute Gasteiger partial charge is 0.460 e. The second kappa shape index (κ2) is 22.9. The molecule has 16 nitrogen and oxygen atoms in total. The second-order valence-electron chi connectivity index (χ2n) is 19.9. The first-order valence-electron chi connectivity index (χ1n) is 25.0. The molecule has 4 aliphatic rings. The molecule has 0 spiro atoms. The lowest BCUT2D eigenvalue weighted by Crippen LogP contribution is -2.35. The fraction of sp³-hybridized carbons (Fsp3) is 0.585. The zero-order chi connectivity index (χ0) is 50.5. The Labute approximate surface area is 420 Å². The summed E-state index contributed by atoms with van der Waals surface area (Å²) in [6.45, 7) is 8.17. The Morgan fingerprint density at radius 3 is 1.61 bits per heavy atom. The Hall–Kier alpha value is -5.62. The molecule has 71 heavy (non-hydrogen) atoms. The lowest BCUT2D eigenvalue weighted by atomic mass is 9.80. The van der Waals surface area contributed by atoms with Crippen LogP contribution < -0.4 is 9.47 Å². The summed E-state index contributed by atoms with van der Waals surface area (Å²) in [5.41, 5.74) is 3.34. The third-order valence-electron chi connectivity index (χ3n) is 14.7. The van der Waals surface area contributed by atoms with Gasteiger partial charge in [0, 0.05) is 11.8 Å². The van der Waals surface area contributed by atoms with Crippen LogP contribution in [0.5, 0.6) is 11.5 Å². The maximum atomic E-state index is 13.8. The van der Waals surface area contributed by atoms with Gasteiger partial charge in [-0.3, -0.25) is 28.8 Å². The molecule has 2 aromatic heterocycles. The number of carbonyl (C=O) groups is 8. The standard InChI is InChI=1S/C53H62N2O14S2/c1-27-24-28(2)44-42(25-27)70-47(54-44)48-55-45-40(68-52(62)36-16-20-39(21-17-36)67-49(59)31(5)65-51(61)35-12-8-33(9-13-35)30(4)57)22-23-41(46(45)71-48)69-53(63)37-14-18-38(19-15-37)66-43(58)26-64-50(60)34-10-6-32(7-11-34)29(3)56/h22-25,31-39H,6-21,26H2,1-5H3. The molecule has 380 valence electrons. The lowest BCUT2D eigenvalue weighted by molar-refractivity contribution is -0.174. The zero-order valence-corrected chi connectivity index (χ0v) is 42.6. The van der Waals surface area contributed by atoms with Crippen molar-refractivity contribution >= 4 is 90.5 Å². The van der Waals surface area contributed by atoms with Crippen molar-refractivity contribution in [3.8, 4) is 21.5 Å². The Balaban J connectivity index is 0.864. The van der Waals surface area contributed by atoms with E-state index in [0.29, 0.717) is 123 Å². The summed E-state index contributed by atoms with van der Waals surface area (Å²) in [6, 6.07) is 7.31. The summed E-state index contributed by atoms with van der Waals surface area (Å²) < 4.78 is 35.7. The van der Waals surface area contributed by atoms with Crippen molar-refractivity contribution in [2.24, 2.45) is 35.5 Å². The van der Waals surface area contributed by atoms with Gasteiger partial charge in [0.05, 0.1) is 33.9 Å². The minimum atomic E-state index is -1.09. The zero-order valence-electron chi connectivity index (χ0n) is 41.0. The number of thiazole rings is 2. The number of benzene rings is 2. The van der Waals surface area contributed by atoms with Crippen LogP contribution in [0.4, 0.5) is 0 Å². The van der Waals surface area contributed by atoms with E-state index in [9.17, 15) is 38.4 Å². The molecule has 4 aromatic rings. The van der Waals surface area contributed by atoms with Crippen molar-refractivity contribution in [3.05, 3.63) is 35.4 Å². The van der Waals surface area contributed by atoms with Gasteiger partial charge in [-0.2, -0.15) is 0 Å². The van der Waals surface area contributed by atoms with Crippen LogP contribution in [0.15, 0.2) is 24.3 Å². The Kier molecular flexibility index (Phi) is 16.6. The average Bonchev–Trinajstić information content (AvgIpc) is 4.01. The second-order valence-corrected chi connectivity index (χ2v) is 22.0. The van der Waals surface area contributed by atoms with E-state index in [1.165, 1.54) is 29.6 Å². The van der Waals surface area contributed by atoms with Gasteiger partial charge in [0.1, 0.15) is 34.0 Å². The van der Waals surface area contributed by atoms with Crippen molar-refractivity contribution in [2.75, 3.05) is 6.61 Å². The van der Waals surface area contributed by atoms with Gasteiger partial charge in [0.25, 0.3) is 0 Å². The first-order chi connectivity index (χ1) is 34.0. The highest BCUT2D eigenvalue weighted by molar-refractivity contribution is 7.28. The summed E-state index contributed by atoms with van der Waals surface area (Å²) in [6.07, 6.45) is 6.01. The molecular weight excluding hydrogens is 953 g/mol. The Morgan fingerprint density at radius 2 is 1.03 bits per heavy atom. The van der Waals surface area contributed by atoms with Gasteiger partial charge in [-0.1, -0.05) is 6.07 Å². The third-order valence-corrected chi connectivity index (χ3v) is 16.9. The van der Waals surface area contributed by atoms with Crippen LogP contribution in [0.25, 0.3) is 30.4 Å². The number of fused-ring (bicyclic) bond motifs is 2. The molecule has 0 aliphatic heterocycles. The first kappa shape index (κ1) is 51.7. The molecule has 0 N–H and O–H groups in total. The van der Waals surface area contributed by atoms with Crippen LogP contribution in [0.2, 0.25) is 0 Å². The molecule has 0 saturated heterocycles. The molecule has 4 saturated carbocycles. The van der Waals surface area contributed by atoms with Gasteiger partial charge in [0.2, 0.25) is 0 Å². The smallest absolute Gasteiger partial charge is 0.347 e. The summed E-state index contributed by atoms with van der Waals surface area (Å²) in [4.78, 5) is 112. The van der Waals surface area contributed by atoms with E-state index in [0.717, 1.165) is 21.3 Å². The fourth-order valence-electron chi connectivity index (χ4n) is 10.4. The van der Waals surface area contributed by atoms with Crippen molar-refractivity contribution in [3.63, 3.8) is 0 Å². The van der Waals surface area contributed by atoms with Crippen LogP contribution in [0.1, 0.15) is 135 Å². The topological polar surface area (TPSA) is 218 Å². The predicted molar refractivity (Wildman–Crippen MR) is 261 cm³/mol. The van der Waals surface area contributed by atoms with Crippen molar-refractivity contribution in [2.45, 2.75) is 156 Å². The number of nitrogens with zero attached hydrogens (tertiary/aromatic N) is 2. The number of carbonyl (C=O) groups excluding carboxylic acids is 8. The first-order valence-corrected chi connectivity index (χ1v) is 26.7. The number of ether oxygens (including phenoxy) is 6. The van der Waals surface area contributed by atoms with E-state index in [4.69, 9.17) is 38.4 Å². The van der Waals surface area contributed by atoms with E-state index >= 15 is 0 Å². The summed E-state index contributed by atoms with van der Waals surface area (Å²) >= 11 is 2.77. The monoisotopic (exact) mass is 1010 g/mol. The van der Waals surface area contributed by atoms with Gasteiger partial charge in [0.15, 0.2) is 34.2 Å². The number of rotatable bonds is 15. The molecule has 0 bridgehead atoms. The summed E-state index contributed by atoms with van der Waals surface area (Å²) in [7, 11) is 0. The molecule has 4 fully saturated rings. The van der Waals surface area contributed by atoms with E-state index in [1.807, 2.05) is 13.8 Å². The van der Waals surface area contributed by atoms with E-state index in [2.05, 4.69) is 12.1 Å². The van der Waals surface area contributed by atoms with Gasteiger partial charge in [-0.25, -0.2) is 19.6 Å². The Morgan fingerprint density at radius 1 is 0.563 bits per heavy atom. The molecular formula is C53H62N2O14S2. The maximum Gasteiger partial charge on any atom is 0.347 e. The highest BCUT2D eigenvalue weighted by atomic mass is 32.1. The molecule has 1 unspecified atom stereocenters. The molecule has 0 amide bonds. The maximum absolute atomic E-state index is 13.8. The highest BCUT2D eigenvalue weighted by Crippen LogP contribution is 2.44. The molecule has 8 rings (SSSR count). The fourth-order valence-corrected chi connectivity index (χ4v) is 12.6. The molecule has 0 radical (unpaired) electrons. The van der Waals surface area contributed by atoms with E-state index in [-0.39, 0.29) is 46.7 Å². The number of esters is 6. The summed E-state index contributed by atoms with van der Waals surface area (Å²) in [5, 5.41) is 1.23.